The van der Waals surface area contributed by atoms with Crippen molar-refractivity contribution in [3.05, 3.63) is 76.6 Å². The van der Waals surface area contributed by atoms with Gasteiger partial charge in [0, 0.05) is 48.7 Å². The lowest BCUT2D eigenvalue weighted by molar-refractivity contribution is 0.0942. The second-order valence-electron chi connectivity index (χ2n) is 8.55. The summed E-state index contributed by atoms with van der Waals surface area (Å²) in [6.07, 6.45) is 3.08. The molecule has 1 aliphatic carbocycles. The maximum absolute atomic E-state index is 13.7. The molecule has 1 aliphatic heterocycles. The van der Waals surface area contributed by atoms with E-state index >= 15 is 0 Å². The smallest absolute Gasteiger partial charge is 0.272 e. The van der Waals surface area contributed by atoms with E-state index in [0.717, 1.165) is 42.3 Å². The molecule has 1 atom stereocenters. The third-order valence-corrected chi connectivity index (χ3v) is 6.40. The number of benzene rings is 2. The van der Waals surface area contributed by atoms with Crippen LogP contribution in [0, 0.1) is 29.2 Å². The Balaban J connectivity index is 1.27. The lowest BCUT2D eigenvalue weighted by atomic mass is 10.1. The molecule has 0 saturated carbocycles. The number of nitrogens with zero attached hydrogens (tertiary/aromatic N) is 3. The number of amides is 1. The molecule has 0 bridgehead atoms. The van der Waals surface area contributed by atoms with Crippen LogP contribution in [0.3, 0.4) is 0 Å². The first-order chi connectivity index (χ1) is 15.9. The van der Waals surface area contributed by atoms with E-state index in [0.29, 0.717) is 49.5 Å². The molecule has 5 nitrogen and oxygen atoms in total. The van der Waals surface area contributed by atoms with Crippen molar-refractivity contribution >= 4 is 11.6 Å². The predicted molar refractivity (Wildman–Crippen MR) is 115 cm³/mol. The van der Waals surface area contributed by atoms with Gasteiger partial charge < -0.3 is 10.2 Å². The number of anilines is 1. The van der Waals surface area contributed by atoms with E-state index < -0.39 is 23.3 Å². The average molecular weight is 458 g/mol. The summed E-state index contributed by atoms with van der Waals surface area (Å²) in [5.74, 6) is -3.81. The Kier molecular flexibility index (Phi) is 5.55. The molecule has 2 aromatic carbocycles. The van der Waals surface area contributed by atoms with Crippen LogP contribution in [0.25, 0.3) is 5.69 Å². The van der Waals surface area contributed by atoms with Crippen molar-refractivity contribution in [1.82, 2.24) is 15.1 Å². The summed E-state index contributed by atoms with van der Waals surface area (Å²) in [6, 6.07) is 7.42. The van der Waals surface area contributed by atoms with Gasteiger partial charge in [-0.3, -0.25) is 4.79 Å². The van der Waals surface area contributed by atoms with Crippen LogP contribution < -0.4 is 10.2 Å². The van der Waals surface area contributed by atoms with Crippen LogP contribution in [-0.2, 0) is 12.8 Å². The van der Waals surface area contributed by atoms with Gasteiger partial charge in [0.15, 0.2) is 29.0 Å². The highest BCUT2D eigenvalue weighted by Gasteiger charge is 2.29. The molecule has 172 valence electrons. The van der Waals surface area contributed by atoms with Gasteiger partial charge in [0.25, 0.3) is 5.91 Å². The summed E-state index contributed by atoms with van der Waals surface area (Å²) >= 11 is 0. The van der Waals surface area contributed by atoms with Crippen LogP contribution in [0.1, 0.15) is 34.6 Å². The van der Waals surface area contributed by atoms with Crippen LogP contribution in [0.2, 0.25) is 0 Å². The quantitative estimate of drug-likeness (QED) is 0.584. The van der Waals surface area contributed by atoms with Gasteiger partial charge in [-0.2, -0.15) is 5.10 Å². The van der Waals surface area contributed by atoms with E-state index in [2.05, 4.69) is 10.4 Å². The fraction of sp³-hybridized carbons (Fsp3) is 0.333. The van der Waals surface area contributed by atoms with E-state index in [1.165, 1.54) is 16.8 Å². The van der Waals surface area contributed by atoms with Gasteiger partial charge in [0.1, 0.15) is 0 Å². The minimum absolute atomic E-state index is 0.156. The zero-order valence-electron chi connectivity index (χ0n) is 17.8. The lowest BCUT2D eigenvalue weighted by Gasteiger charge is -2.19. The lowest BCUT2D eigenvalue weighted by Crippen LogP contribution is -2.31. The number of carbonyl (C=O) groups excluding carboxylic acids is 1. The molecule has 1 amide bonds. The molecule has 2 aliphatic rings. The molecule has 5 rings (SSSR count). The van der Waals surface area contributed by atoms with Gasteiger partial charge in [-0.25, -0.2) is 22.2 Å². The molecule has 1 unspecified atom stereocenters. The van der Waals surface area contributed by atoms with Gasteiger partial charge in [0.2, 0.25) is 0 Å². The number of halogens is 4. The maximum atomic E-state index is 13.7. The minimum Gasteiger partial charge on any atom is -0.371 e. The molecule has 3 aromatic rings. The van der Waals surface area contributed by atoms with Gasteiger partial charge in [-0.1, -0.05) is 0 Å². The SMILES string of the molecule is O=C(NCC1CCN(c2ccc(F)c(F)c2)C1)c1nn(-c2ccc(F)c(F)c2)c2c1CCC2. The van der Waals surface area contributed by atoms with E-state index in [-0.39, 0.29) is 11.8 Å². The number of fused-ring (bicyclic) bond motifs is 1. The average Bonchev–Trinajstić information content (AvgIpc) is 3.53. The third-order valence-electron chi connectivity index (χ3n) is 6.40. The molecule has 9 heteroatoms. The van der Waals surface area contributed by atoms with Crippen LogP contribution >= 0.6 is 0 Å². The zero-order chi connectivity index (χ0) is 23.1. The largest absolute Gasteiger partial charge is 0.371 e. The Labute approximate surface area is 188 Å². The summed E-state index contributed by atoms with van der Waals surface area (Å²) in [4.78, 5) is 14.9. The van der Waals surface area contributed by atoms with E-state index in [1.54, 1.807) is 6.07 Å². The topological polar surface area (TPSA) is 50.2 Å². The fourth-order valence-corrected chi connectivity index (χ4v) is 4.69. The number of rotatable bonds is 5. The Morgan fingerprint density at radius 2 is 1.67 bits per heavy atom. The standard InChI is InChI=1S/C24H22F4N4O/c25-18-6-4-15(10-20(18)27)31-9-8-14(13-31)12-29-24(33)23-17-2-1-3-22(17)32(30-23)16-5-7-19(26)21(28)11-16/h4-7,10-11,14H,1-3,8-9,12-13H2,(H,29,33). The maximum Gasteiger partial charge on any atom is 0.272 e. The van der Waals surface area contributed by atoms with Crippen molar-refractivity contribution in [2.24, 2.45) is 5.92 Å². The summed E-state index contributed by atoms with van der Waals surface area (Å²) in [5, 5.41) is 7.37. The van der Waals surface area contributed by atoms with Crippen LogP contribution in [0.5, 0.6) is 0 Å². The molecule has 1 N–H and O–H groups in total. The molecule has 1 fully saturated rings. The highest BCUT2D eigenvalue weighted by atomic mass is 19.2. The highest BCUT2D eigenvalue weighted by molar-refractivity contribution is 5.94. The van der Waals surface area contributed by atoms with Crippen molar-refractivity contribution in [1.29, 1.82) is 0 Å². The Hall–Kier alpha value is -3.36. The van der Waals surface area contributed by atoms with Crippen molar-refractivity contribution in [3.8, 4) is 5.69 Å². The Bertz CT molecular complexity index is 1230. The van der Waals surface area contributed by atoms with Gasteiger partial charge in [0.05, 0.1) is 5.69 Å². The number of hydrogen-bond donors (Lipinski definition) is 1. The number of carbonyl (C=O) groups is 1. The zero-order valence-corrected chi connectivity index (χ0v) is 17.8. The van der Waals surface area contributed by atoms with Gasteiger partial charge in [-0.15, -0.1) is 0 Å². The predicted octanol–water partition coefficient (Wildman–Crippen LogP) is 4.17. The molecule has 1 aromatic heterocycles. The van der Waals surface area contributed by atoms with E-state index in [4.69, 9.17) is 0 Å². The van der Waals surface area contributed by atoms with Crippen LogP contribution in [-0.4, -0.2) is 35.3 Å². The Morgan fingerprint density at radius 1 is 0.970 bits per heavy atom. The number of hydrogen-bond acceptors (Lipinski definition) is 3. The first-order valence-electron chi connectivity index (χ1n) is 10.9. The monoisotopic (exact) mass is 458 g/mol. The molecule has 0 radical (unpaired) electrons. The van der Waals surface area contributed by atoms with Crippen molar-refractivity contribution in [2.75, 3.05) is 24.5 Å². The van der Waals surface area contributed by atoms with Crippen molar-refractivity contribution < 1.29 is 22.4 Å². The molecule has 0 spiro atoms. The van der Waals surface area contributed by atoms with E-state index in [1.807, 2.05) is 4.90 Å². The van der Waals surface area contributed by atoms with Gasteiger partial charge >= 0.3 is 0 Å². The first kappa shape index (κ1) is 21.5. The minimum atomic E-state index is -0.965. The number of nitrogens with one attached hydrogen (secondary N) is 1. The second kappa shape index (κ2) is 8.53. The molecular formula is C24H22F4N4O. The van der Waals surface area contributed by atoms with Crippen molar-refractivity contribution in [2.45, 2.75) is 25.7 Å². The fourth-order valence-electron chi connectivity index (χ4n) is 4.69. The molecule has 2 heterocycles. The van der Waals surface area contributed by atoms with Crippen LogP contribution in [0.15, 0.2) is 36.4 Å². The highest BCUT2D eigenvalue weighted by Crippen LogP contribution is 2.29. The van der Waals surface area contributed by atoms with Crippen LogP contribution in [0.4, 0.5) is 23.2 Å². The molecular weight excluding hydrogens is 436 g/mol. The van der Waals surface area contributed by atoms with Crippen molar-refractivity contribution in [3.63, 3.8) is 0 Å². The normalized spacial score (nSPS) is 17.5. The summed E-state index contributed by atoms with van der Waals surface area (Å²) in [7, 11) is 0. The molecule has 33 heavy (non-hydrogen) atoms. The third kappa shape index (κ3) is 4.07. The first-order valence-corrected chi connectivity index (χ1v) is 10.9. The van der Waals surface area contributed by atoms with E-state index in [9.17, 15) is 22.4 Å². The summed E-state index contributed by atoms with van der Waals surface area (Å²) < 4.78 is 55.3. The summed E-state index contributed by atoms with van der Waals surface area (Å²) in [6.45, 7) is 1.73. The number of aromatic nitrogens is 2. The second-order valence-corrected chi connectivity index (χ2v) is 8.55. The molecule has 1 saturated heterocycles. The Morgan fingerprint density at radius 3 is 2.39 bits per heavy atom. The summed E-state index contributed by atoms with van der Waals surface area (Å²) in [5.41, 5.74) is 2.99. The van der Waals surface area contributed by atoms with Gasteiger partial charge in [-0.05, 0) is 55.9 Å².